The SMILES string of the molecule is FC(F)(F)c1ccc([B]C=Cc2ccccc2)cc1. The molecule has 0 saturated heterocycles. The van der Waals surface area contributed by atoms with E-state index in [-0.39, 0.29) is 0 Å². The first-order valence-electron chi connectivity index (χ1n) is 5.79. The normalized spacial score (nSPS) is 11.7. The zero-order valence-corrected chi connectivity index (χ0v) is 10.1. The van der Waals surface area contributed by atoms with Gasteiger partial charge >= 0.3 is 6.18 Å². The quantitative estimate of drug-likeness (QED) is 0.737. The first kappa shape index (κ1) is 13.5. The predicted octanol–water partition coefficient (Wildman–Crippen LogP) is 3.71. The Bertz CT molecular complexity index is 542. The number of halogens is 3. The first-order valence-corrected chi connectivity index (χ1v) is 5.79. The Kier molecular flexibility index (Phi) is 4.10. The lowest BCUT2D eigenvalue weighted by Crippen LogP contribution is -2.13. The minimum atomic E-state index is -4.28. The molecule has 0 spiro atoms. The molecule has 0 aliphatic rings. The summed E-state index contributed by atoms with van der Waals surface area (Å²) in [7, 11) is 1.77. The molecule has 0 N–H and O–H groups in total. The van der Waals surface area contributed by atoms with Gasteiger partial charge in [0.2, 0.25) is 0 Å². The second kappa shape index (κ2) is 5.78. The van der Waals surface area contributed by atoms with E-state index in [2.05, 4.69) is 0 Å². The fraction of sp³-hybridized carbons (Fsp3) is 0.0667. The summed E-state index contributed by atoms with van der Waals surface area (Å²) in [6.45, 7) is 0. The summed E-state index contributed by atoms with van der Waals surface area (Å²) in [5.74, 6) is 1.82. The van der Waals surface area contributed by atoms with Crippen LogP contribution in [0.15, 0.2) is 60.6 Å². The van der Waals surface area contributed by atoms with Gasteiger partial charge in [0.15, 0.2) is 7.28 Å². The summed E-state index contributed by atoms with van der Waals surface area (Å²) >= 11 is 0. The van der Waals surface area contributed by atoms with E-state index in [9.17, 15) is 13.2 Å². The molecule has 0 nitrogen and oxygen atoms in total. The van der Waals surface area contributed by atoms with Crippen molar-refractivity contribution in [3.63, 3.8) is 0 Å². The third kappa shape index (κ3) is 4.02. The Labute approximate surface area is 110 Å². The van der Waals surface area contributed by atoms with E-state index in [1.54, 1.807) is 7.28 Å². The second-order valence-electron chi connectivity index (χ2n) is 4.06. The number of hydrogen-bond donors (Lipinski definition) is 0. The molecule has 19 heavy (non-hydrogen) atoms. The third-order valence-corrected chi connectivity index (χ3v) is 2.61. The van der Waals surface area contributed by atoms with E-state index in [4.69, 9.17) is 0 Å². The van der Waals surface area contributed by atoms with Gasteiger partial charge in [0.1, 0.15) is 0 Å². The molecule has 0 unspecified atom stereocenters. The van der Waals surface area contributed by atoms with E-state index in [0.29, 0.717) is 0 Å². The Morgan fingerprint density at radius 1 is 0.842 bits per heavy atom. The zero-order chi connectivity index (χ0) is 13.7. The van der Waals surface area contributed by atoms with Crippen LogP contribution in [0.2, 0.25) is 0 Å². The minimum Gasteiger partial charge on any atom is -0.166 e. The van der Waals surface area contributed by atoms with Crippen LogP contribution < -0.4 is 5.46 Å². The smallest absolute Gasteiger partial charge is 0.166 e. The Morgan fingerprint density at radius 2 is 1.47 bits per heavy atom. The van der Waals surface area contributed by atoms with Crippen LogP contribution in [0.4, 0.5) is 13.2 Å². The largest absolute Gasteiger partial charge is 0.416 e. The molecule has 0 fully saturated rings. The predicted molar refractivity (Wildman–Crippen MR) is 72.3 cm³/mol. The molecular formula is C15H11BF3. The van der Waals surface area contributed by atoms with E-state index in [0.717, 1.165) is 23.2 Å². The summed E-state index contributed by atoms with van der Waals surface area (Å²) in [5, 5.41) is 0. The van der Waals surface area contributed by atoms with Crippen LogP contribution in [0.5, 0.6) is 0 Å². The van der Waals surface area contributed by atoms with E-state index in [1.165, 1.54) is 12.1 Å². The zero-order valence-electron chi connectivity index (χ0n) is 10.1. The van der Waals surface area contributed by atoms with Gasteiger partial charge in [-0.05, 0) is 5.56 Å². The van der Waals surface area contributed by atoms with Crippen molar-refractivity contribution < 1.29 is 13.2 Å². The molecule has 0 amide bonds. The fourth-order valence-corrected chi connectivity index (χ4v) is 1.62. The van der Waals surface area contributed by atoms with Gasteiger partial charge in [-0.1, -0.05) is 66.1 Å². The van der Waals surface area contributed by atoms with Crippen LogP contribution in [0.1, 0.15) is 11.1 Å². The Balaban J connectivity index is 1.99. The van der Waals surface area contributed by atoms with Crippen LogP contribution in [0, 0.1) is 0 Å². The molecule has 0 bridgehead atoms. The molecule has 0 heterocycles. The van der Waals surface area contributed by atoms with Gasteiger partial charge in [-0.3, -0.25) is 0 Å². The first-order chi connectivity index (χ1) is 9.05. The molecule has 95 valence electrons. The van der Waals surface area contributed by atoms with Crippen LogP contribution in [-0.4, -0.2) is 7.28 Å². The summed E-state index contributed by atoms with van der Waals surface area (Å²) in [6, 6.07) is 14.8. The summed E-state index contributed by atoms with van der Waals surface area (Å²) < 4.78 is 37.1. The number of rotatable bonds is 3. The summed E-state index contributed by atoms with van der Waals surface area (Å²) in [5.41, 5.74) is 1.16. The molecule has 0 aliphatic carbocycles. The summed E-state index contributed by atoms with van der Waals surface area (Å²) in [6.07, 6.45) is -2.38. The maximum atomic E-state index is 12.4. The van der Waals surface area contributed by atoms with Crippen LogP contribution in [0.3, 0.4) is 0 Å². The van der Waals surface area contributed by atoms with Gasteiger partial charge in [-0.15, -0.1) is 5.98 Å². The lowest BCUT2D eigenvalue weighted by molar-refractivity contribution is -0.137. The van der Waals surface area contributed by atoms with E-state index < -0.39 is 11.7 Å². The Morgan fingerprint density at radius 3 is 2.05 bits per heavy atom. The molecule has 0 atom stereocenters. The average molecular weight is 259 g/mol. The highest BCUT2D eigenvalue weighted by molar-refractivity contribution is 6.59. The second-order valence-corrected chi connectivity index (χ2v) is 4.06. The molecule has 0 aromatic heterocycles. The monoisotopic (exact) mass is 259 g/mol. The van der Waals surface area contributed by atoms with Gasteiger partial charge in [-0.2, -0.15) is 13.2 Å². The van der Waals surface area contributed by atoms with E-state index in [1.807, 2.05) is 42.4 Å². The lowest BCUT2D eigenvalue weighted by atomic mass is 9.70. The highest BCUT2D eigenvalue weighted by Gasteiger charge is 2.29. The highest BCUT2D eigenvalue weighted by Crippen LogP contribution is 2.28. The van der Waals surface area contributed by atoms with Crippen molar-refractivity contribution in [1.82, 2.24) is 0 Å². The molecule has 0 aliphatic heterocycles. The highest BCUT2D eigenvalue weighted by atomic mass is 19.4. The van der Waals surface area contributed by atoms with Gasteiger partial charge in [0, 0.05) is 0 Å². The van der Waals surface area contributed by atoms with Crippen LogP contribution in [0.25, 0.3) is 6.08 Å². The molecule has 1 radical (unpaired) electrons. The van der Waals surface area contributed by atoms with Crippen molar-refractivity contribution >= 4 is 18.8 Å². The van der Waals surface area contributed by atoms with Crippen molar-refractivity contribution in [1.29, 1.82) is 0 Å². The molecule has 2 rings (SSSR count). The van der Waals surface area contributed by atoms with Gasteiger partial charge in [0.25, 0.3) is 0 Å². The number of benzene rings is 2. The van der Waals surface area contributed by atoms with Crippen molar-refractivity contribution in [3.8, 4) is 0 Å². The minimum absolute atomic E-state index is 0.628. The molecule has 2 aromatic rings. The Hall–Kier alpha value is -1.97. The molecule has 0 saturated carbocycles. The standard InChI is InChI=1S/C15H11BF3/c17-15(18,19)13-6-8-14(9-7-13)16-11-10-12-4-2-1-3-5-12/h1-11H. The summed E-state index contributed by atoms with van der Waals surface area (Å²) in [4.78, 5) is 0. The topological polar surface area (TPSA) is 0 Å². The van der Waals surface area contributed by atoms with Crippen molar-refractivity contribution in [2.24, 2.45) is 0 Å². The maximum absolute atomic E-state index is 12.4. The van der Waals surface area contributed by atoms with Gasteiger partial charge < -0.3 is 0 Å². The van der Waals surface area contributed by atoms with Gasteiger partial charge in [0.05, 0.1) is 5.56 Å². The average Bonchev–Trinajstić information content (AvgIpc) is 2.39. The number of hydrogen-bond acceptors (Lipinski definition) is 0. The fourth-order valence-electron chi connectivity index (χ4n) is 1.62. The molecular weight excluding hydrogens is 248 g/mol. The van der Waals surface area contributed by atoms with Crippen LogP contribution in [-0.2, 0) is 6.18 Å². The van der Waals surface area contributed by atoms with Crippen molar-refractivity contribution in [3.05, 3.63) is 71.7 Å². The number of alkyl halides is 3. The molecule has 2 aromatic carbocycles. The third-order valence-electron chi connectivity index (χ3n) is 2.61. The van der Waals surface area contributed by atoms with E-state index >= 15 is 0 Å². The maximum Gasteiger partial charge on any atom is 0.416 e. The van der Waals surface area contributed by atoms with Crippen molar-refractivity contribution in [2.75, 3.05) is 0 Å². The lowest BCUT2D eigenvalue weighted by Gasteiger charge is -2.06. The van der Waals surface area contributed by atoms with Gasteiger partial charge in [-0.25, -0.2) is 0 Å². The van der Waals surface area contributed by atoms with Crippen molar-refractivity contribution in [2.45, 2.75) is 6.18 Å². The molecule has 4 heteroatoms. The van der Waals surface area contributed by atoms with Crippen LogP contribution >= 0.6 is 0 Å².